The van der Waals surface area contributed by atoms with E-state index in [0.29, 0.717) is 25.7 Å². The summed E-state index contributed by atoms with van der Waals surface area (Å²) in [6, 6.07) is 0. The number of carbonyl (C=O) groups excluding carboxylic acids is 4. The Hall–Kier alpha value is -1.94. The summed E-state index contributed by atoms with van der Waals surface area (Å²) in [7, 11) is -9.92. The first-order valence-electron chi connectivity index (χ1n) is 43.5. The van der Waals surface area contributed by atoms with Gasteiger partial charge in [-0.05, 0) is 37.5 Å². The maximum Gasteiger partial charge on any atom is 0.472 e. The summed E-state index contributed by atoms with van der Waals surface area (Å²) in [5.41, 5.74) is 0. The van der Waals surface area contributed by atoms with Crippen LogP contribution in [0.2, 0.25) is 0 Å². The smallest absolute Gasteiger partial charge is 0.462 e. The second-order valence-electron chi connectivity index (χ2n) is 31.2. The zero-order valence-corrected chi connectivity index (χ0v) is 69.4. The summed E-state index contributed by atoms with van der Waals surface area (Å²) in [5, 5.41) is 10.7. The van der Waals surface area contributed by atoms with Gasteiger partial charge in [-0.1, -0.05) is 395 Å². The van der Waals surface area contributed by atoms with E-state index in [4.69, 9.17) is 37.0 Å². The van der Waals surface area contributed by atoms with Crippen molar-refractivity contribution in [1.29, 1.82) is 0 Å². The molecule has 0 bridgehead atoms. The van der Waals surface area contributed by atoms with E-state index in [-0.39, 0.29) is 25.7 Å². The Balaban J connectivity index is 5.24. The molecule has 0 aliphatic heterocycles. The van der Waals surface area contributed by atoms with E-state index in [9.17, 15) is 43.2 Å². The zero-order chi connectivity index (χ0) is 75.6. The van der Waals surface area contributed by atoms with E-state index in [2.05, 4.69) is 41.5 Å². The molecular weight excluding hydrogens is 1340 g/mol. The molecule has 0 aromatic carbocycles. The highest BCUT2D eigenvalue weighted by Gasteiger charge is 2.30. The van der Waals surface area contributed by atoms with Gasteiger partial charge in [0.25, 0.3) is 0 Å². The third kappa shape index (κ3) is 78.0. The largest absolute Gasteiger partial charge is 0.472 e. The summed E-state index contributed by atoms with van der Waals surface area (Å²) >= 11 is 0. The Labute approximate surface area is 632 Å². The van der Waals surface area contributed by atoms with Crippen molar-refractivity contribution in [3.63, 3.8) is 0 Å². The standard InChI is InChI=1S/C84H164O17P2/c1-7-9-11-13-15-17-19-21-22-23-24-25-26-27-28-32-37-44-50-56-62-68-83(88)100-79(72-95-82(87)67-61-55-49-43-36-33-29-31-34-40-46-52-58-64-76(3)4)74-98-102(90,91)96-70-78(85)71-97-103(92,93)99-75-80(101-84(89)69-63-57-51-45-39-38-41-47-53-59-65-77(5)6)73-94-81(86)66-60-54-48-42-35-30-20-18-16-14-12-10-8-2/h76-80,85H,7-75H2,1-6H3,(H,90,91)(H,92,93)/t78-,79-,80-/m1/s1. The lowest BCUT2D eigenvalue weighted by molar-refractivity contribution is -0.161. The Morgan fingerprint density at radius 2 is 0.447 bits per heavy atom. The predicted octanol–water partition coefficient (Wildman–Crippen LogP) is 25.5. The van der Waals surface area contributed by atoms with Crippen molar-refractivity contribution in [3.8, 4) is 0 Å². The number of hydrogen-bond acceptors (Lipinski definition) is 15. The number of phosphoric ester groups is 2. The predicted molar refractivity (Wildman–Crippen MR) is 423 cm³/mol. The maximum atomic E-state index is 13.1. The van der Waals surface area contributed by atoms with Gasteiger partial charge in [0.15, 0.2) is 12.2 Å². The van der Waals surface area contributed by atoms with E-state index in [1.165, 1.54) is 263 Å². The van der Waals surface area contributed by atoms with Gasteiger partial charge in [-0.25, -0.2) is 9.13 Å². The highest BCUT2D eigenvalue weighted by atomic mass is 31.2. The minimum atomic E-state index is -4.96. The molecule has 0 fully saturated rings. The molecule has 0 amide bonds. The lowest BCUT2D eigenvalue weighted by atomic mass is 10.0. The molecule has 0 rings (SSSR count). The molecule has 19 heteroatoms. The summed E-state index contributed by atoms with van der Waals surface area (Å²) in [4.78, 5) is 73.2. The van der Waals surface area contributed by atoms with E-state index in [0.717, 1.165) is 102 Å². The van der Waals surface area contributed by atoms with Gasteiger partial charge in [0.2, 0.25) is 0 Å². The molecule has 5 atom stereocenters. The fourth-order valence-electron chi connectivity index (χ4n) is 13.1. The van der Waals surface area contributed by atoms with Gasteiger partial charge in [-0.15, -0.1) is 0 Å². The van der Waals surface area contributed by atoms with Gasteiger partial charge in [-0.2, -0.15) is 0 Å². The monoisotopic (exact) mass is 1510 g/mol. The number of esters is 4. The average molecular weight is 1510 g/mol. The van der Waals surface area contributed by atoms with Gasteiger partial charge in [0, 0.05) is 25.7 Å². The van der Waals surface area contributed by atoms with Crippen molar-refractivity contribution >= 4 is 39.5 Å². The SMILES string of the molecule is CCCCCCCCCCCCCCCCCCCCCCCC(=O)O[C@H](COC(=O)CCCCCCCCCCCCCCCC(C)C)COP(=O)(O)OC[C@@H](O)COP(=O)(O)OC[C@@H](COC(=O)CCCCCCCCCCCCCCC)OC(=O)CCCCCCCCCCCCC(C)C. The van der Waals surface area contributed by atoms with Crippen molar-refractivity contribution in [2.45, 2.75) is 464 Å². The van der Waals surface area contributed by atoms with Crippen LogP contribution < -0.4 is 0 Å². The molecule has 0 saturated carbocycles. The van der Waals surface area contributed by atoms with Crippen LogP contribution in [0.25, 0.3) is 0 Å². The minimum Gasteiger partial charge on any atom is -0.462 e. The Bertz CT molecular complexity index is 1980. The first-order valence-corrected chi connectivity index (χ1v) is 46.5. The van der Waals surface area contributed by atoms with Crippen LogP contribution in [0, 0.1) is 11.8 Å². The van der Waals surface area contributed by atoms with Crippen LogP contribution in [0.3, 0.4) is 0 Å². The molecule has 3 N–H and O–H groups in total. The van der Waals surface area contributed by atoms with Gasteiger partial charge < -0.3 is 33.8 Å². The van der Waals surface area contributed by atoms with Crippen molar-refractivity contribution < 1.29 is 80.2 Å². The molecule has 0 saturated heterocycles. The van der Waals surface area contributed by atoms with E-state index >= 15 is 0 Å². The number of phosphoric acid groups is 2. The fourth-order valence-corrected chi connectivity index (χ4v) is 14.6. The first-order chi connectivity index (χ1) is 49.9. The first kappa shape index (κ1) is 101. The Kier molecular flexibility index (Phi) is 74.1. The van der Waals surface area contributed by atoms with Gasteiger partial charge in [-0.3, -0.25) is 37.3 Å². The zero-order valence-electron chi connectivity index (χ0n) is 67.6. The van der Waals surface area contributed by atoms with Gasteiger partial charge in [0.05, 0.1) is 26.4 Å². The van der Waals surface area contributed by atoms with E-state index < -0.39 is 97.5 Å². The number of hydrogen-bond donors (Lipinski definition) is 3. The number of aliphatic hydroxyl groups excluding tert-OH is 1. The molecule has 0 spiro atoms. The Morgan fingerprint density at radius 3 is 0.660 bits per heavy atom. The molecule has 0 aliphatic carbocycles. The second kappa shape index (κ2) is 75.5. The Morgan fingerprint density at radius 1 is 0.262 bits per heavy atom. The van der Waals surface area contributed by atoms with Crippen molar-refractivity contribution in [1.82, 2.24) is 0 Å². The molecule has 0 aliphatic rings. The second-order valence-corrected chi connectivity index (χ2v) is 34.1. The number of carbonyl (C=O) groups is 4. The lowest BCUT2D eigenvalue weighted by Gasteiger charge is -2.21. The van der Waals surface area contributed by atoms with Crippen molar-refractivity contribution in [2.75, 3.05) is 39.6 Å². The fraction of sp³-hybridized carbons (Fsp3) is 0.952. The molecule has 0 aromatic heterocycles. The number of ether oxygens (including phenoxy) is 4. The van der Waals surface area contributed by atoms with E-state index in [1.807, 2.05) is 0 Å². The van der Waals surface area contributed by atoms with Crippen LogP contribution in [-0.4, -0.2) is 96.7 Å². The summed E-state index contributed by atoms with van der Waals surface area (Å²) < 4.78 is 68.8. The van der Waals surface area contributed by atoms with Crippen LogP contribution in [0.5, 0.6) is 0 Å². The molecule has 17 nitrogen and oxygen atoms in total. The molecule has 0 aromatic rings. The third-order valence-corrected chi connectivity index (χ3v) is 21.6. The van der Waals surface area contributed by atoms with Crippen LogP contribution >= 0.6 is 15.6 Å². The summed E-state index contributed by atoms with van der Waals surface area (Å²) in [5.74, 6) is -0.561. The molecule has 0 radical (unpaired) electrons. The summed E-state index contributed by atoms with van der Waals surface area (Å²) in [6.07, 6.45) is 66.6. The molecule has 0 heterocycles. The number of unbranched alkanes of at least 4 members (excludes halogenated alkanes) is 53. The van der Waals surface area contributed by atoms with Crippen molar-refractivity contribution in [2.24, 2.45) is 11.8 Å². The lowest BCUT2D eigenvalue weighted by Crippen LogP contribution is -2.30. The van der Waals surface area contributed by atoms with Crippen molar-refractivity contribution in [3.05, 3.63) is 0 Å². The van der Waals surface area contributed by atoms with E-state index in [1.54, 1.807) is 0 Å². The highest BCUT2D eigenvalue weighted by molar-refractivity contribution is 7.47. The summed E-state index contributed by atoms with van der Waals surface area (Å²) in [6.45, 7) is 9.67. The number of aliphatic hydroxyl groups is 1. The molecular formula is C84H164O17P2. The quantitative estimate of drug-likeness (QED) is 0.0222. The van der Waals surface area contributed by atoms with Crippen LogP contribution in [-0.2, 0) is 65.4 Å². The van der Waals surface area contributed by atoms with Gasteiger partial charge in [0.1, 0.15) is 19.3 Å². The normalized spacial score (nSPS) is 13.9. The van der Waals surface area contributed by atoms with Crippen LogP contribution in [0.15, 0.2) is 0 Å². The highest BCUT2D eigenvalue weighted by Crippen LogP contribution is 2.45. The average Bonchev–Trinajstić information content (AvgIpc) is 0.913. The van der Waals surface area contributed by atoms with Crippen LogP contribution in [0.4, 0.5) is 0 Å². The van der Waals surface area contributed by atoms with Gasteiger partial charge >= 0.3 is 39.5 Å². The minimum absolute atomic E-state index is 0.107. The van der Waals surface area contributed by atoms with Crippen LogP contribution in [0.1, 0.15) is 446 Å². The number of rotatable bonds is 83. The molecule has 2 unspecified atom stereocenters. The topological polar surface area (TPSA) is 237 Å². The molecule has 103 heavy (non-hydrogen) atoms. The maximum absolute atomic E-state index is 13.1. The molecule has 612 valence electrons. The third-order valence-electron chi connectivity index (χ3n) is 19.7.